The zero-order valence-corrected chi connectivity index (χ0v) is 15.7. The predicted octanol–water partition coefficient (Wildman–Crippen LogP) is 4.34. The molecule has 2 aromatic rings. The minimum atomic E-state index is -0.399. The molecule has 1 saturated heterocycles. The summed E-state index contributed by atoms with van der Waals surface area (Å²) in [6.45, 7) is 5.37. The number of carbonyl (C=O) groups excluding carboxylic acids is 2. The lowest BCUT2D eigenvalue weighted by molar-refractivity contribution is 0.0539. The second-order valence-corrected chi connectivity index (χ2v) is 6.80. The van der Waals surface area contributed by atoms with Crippen LogP contribution in [0.15, 0.2) is 42.5 Å². The Kier molecular flexibility index (Phi) is 6.01. The summed E-state index contributed by atoms with van der Waals surface area (Å²) in [6.07, 6.45) is 2.13. The number of nitrogens with zero attached hydrogens (tertiary/aromatic N) is 1. The lowest BCUT2D eigenvalue weighted by Gasteiger charge is -2.24. The largest absolute Gasteiger partial charge is 0.376 e. The van der Waals surface area contributed by atoms with Gasteiger partial charge in [0.25, 0.3) is 5.91 Å². The van der Waals surface area contributed by atoms with Gasteiger partial charge in [-0.1, -0.05) is 12.1 Å². The second kappa shape index (κ2) is 8.44. The number of Topliss-reactive ketones (excluding diaryl/α,β-unsaturated/α-hetero) is 1. The highest BCUT2D eigenvalue weighted by atomic mass is 19.1. The van der Waals surface area contributed by atoms with Gasteiger partial charge >= 0.3 is 0 Å². The van der Waals surface area contributed by atoms with Gasteiger partial charge in [0.15, 0.2) is 5.78 Å². The Morgan fingerprint density at radius 3 is 2.52 bits per heavy atom. The molecule has 1 atom stereocenters. The van der Waals surface area contributed by atoms with Crippen molar-refractivity contribution >= 4 is 11.7 Å². The van der Waals surface area contributed by atoms with Crippen molar-refractivity contribution in [2.75, 3.05) is 19.7 Å². The van der Waals surface area contributed by atoms with Crippen LogP contribution in [0.4, 0.5) is 4.39 Å². The smallest absolute Gasteiger partial charge is 0.253 e. The number of ketones is 1. The quantitative estimate of drug-likeness (QED) is 0.712. The number of amides is 1. The Balaban J connectivity index is 1.81. The Morgan fingerprint density at radius 1 is 1.19 bits per heavy atom. The van der Waals surface area contributed by atoms with Gasteiger partial charge in [0.1, 0.15) is 5.82 Å². The number of rotatable bonds is 6. The summed E-state index contributed by atoms with van der Waals surface area (Å²) in [7, 11) is 0. The van der Waals surface area contributed by atoms with Crippen molar-refractivity contribution in [2.24, 2.45) is 0 Å². The van der Waals surface area contributed by atoms with Crippen molar-refractivity contribution in [1.82, 2.24) is 4.90 Å². The molecule has 27 heavy (non-hydrogen) atoms. The highest BCUT2D eigenvalue weighted by Gasteiger charge is 2.22. The molecular formula is C22H24FNO3. The first-order valence-corrected chi connectivity index (χ1v) is 9.31. The fraction of sp³-hybridized carbons (Fsp3) is 0.364. The van der Waals surface area contributed by atoms with Gasteiger partial charge in [-0.25, -0.2) is 4.39 Å². The summed E-state index contributed by atoms with van der Waals surface area (Å²) in [6, 6.07) is 11.1. The minimum Gasteiger partial charge on any atom is -0.376 e. The van der Waals surface area contributed by atoms with Gasteiger partial charge in [-0.05, 0) is 68.1 Å². The summed E-state index contributed by atoms with van der Waals surface area (Å²) in [5.74, 6) is -0.576. The zero-order chi connectivity index (χ0) is 19.4. The Morgan fingerprint density at radius 2 is 1.93 bits per heavy atom. The maximum Gasteiger partial charge on any atom is 0.253 e. The molecule has 2 aromatic carbocycles. The maximum atomic E-state index is 13.7. The zero-order valence-electron chi connectivity index (χ0n) is 15.7. The van der Waals surface area contributed by atoms with Gasteiger partial charge in [0.2, 0.25) is 0 Å². The molecular weight excluding hydrogens is 345 g/mol. The molecule has 0 aliphatic carbocycles. The molecule has 142 valence electrons. The average molecular weight is 369 g/mol. The Hall–Kier alpha value is -2.53. The molecule has 0 saturated carbocycles. The fourth-order valence-corrected chi connectivity index (χ4v) is 3.43. The van der Waals surface area contributed by atoms with Crippen molar-refractivity contribution in [3.63, 3.8) is 0 Å². The Bertz CT molecular complexity index is 826. The van der Waals surface area contributed by atoms with Crippen molar-refractivity contribution < 1.29 is 18.7 Å². The van der Waals surface area contributed by atoms with E-state index in [1.165, 1.54) is 25.1 Å². The van der Waals surface area contributed by atoms with Crippen LogP contribution < -0.4 is 0 Å². The lowest BCUT2D eigenvalue weighted by atomic mass is 9.96. The molecule has 4 nitrogen and oxygen atoms in total. The summed E-state index contributed by atoms with van der Waals surface area (Å²) in [5, 5.41) is 0. The van der Waals surface area contributed by atoms with Gasteiger partial charge in [-0.15, -0.1) is 0 Å². The molecule has 0 N–H and O–H groups in total. The molecule has 3 rings (SSSR count). The number of ether oxygens (including phenoxy) is 1. The number of carbonyl (C=O) groups is 2. The van der Waals surface area contributed by atoms with Crippen molar-refractivity contribution in [1.29, 1.82) is 0 Å². The molecule has 0 spiro atoms. The van der Waals surface area contributed by atoms with Crippen molar-refractivity contribution in [3.8, 4) is 11.1 Å². The highest BCUT2D eigenvalue weighted by molar-refractivity contribution is 6.01. The molecule has 1 aliphatic rings. The van der Waals surface area contributed by atoms with Crippen LogP contribution in [0.25, 0.3) is 11.1 Å². The van der Waals surface area contributed by atoms with Gasteiger partial charge < -0.3 is 9.64 Å². The molecule has 0 bridgehead atoms. The summed E-state index contributed by atoms with van der Waals surface area (Å²) >= 11 is 0. The molecule has 1 fully saturated rings. The van der Waals surface area contributed by atoms with Crippen LogP contribution in [0.3, 0.4) is 0 Å². The van der Waals surface area contributed by atoms with E-state index < -0.39 is 5.82 Å². The van der Waals surface area contributed by atoms with Crippen molar-refractivity contribution in [3.05, 3.63) is 59.4 Å². The van der Waals surface area contributed by atoms with Gasteiger partial charge in [0.05, 0.1) is 6.10 Å². The molecule has 0 aromatic heterocycles. The molecule has 1 amide bonds. The molecule has 1 aliphatic heterocycles. The van der Waals surface area contributed by atoms with E-state index in [0.717, 1.165) is 19.4 Å². The number of likely N-dealkylation sites (N-methyl/N-ethyl adjacent to an activating group) is 1. The summed E-state index contributed by atoms with van der Waals surface area (Å²) in [5.41, 5.74) is 2.27. The second-order valence-electron chi connectivity index (χ2n) is 6.80. The third kappa shape index (κ3) is 4.42. The van der Waals surface area contributed by atoms with E-state index in [1.54, 1.807) is 29.2 Å². The summed E-state index contributed by atoms with van der Waals surface area (Å²) < 4.78 is 19.3. The van der Waals surface area contributed by atoms with Crippen molar-refractivity contribution in [2.45, 2.75) is 32.8 Å². The minimum absolute atomic E-state index is 0.0504. The standard InChI is InChI=1S/C22H24FNO3/c1-3-24(14-19-5-4-12-27-19)22(26)17-8-6-16(7-9-17)21-13-18(23)10-11-20(21)15(2)25/h6-11,13,19H,3-5,12,14H2,1-2H3/t19-/m0/s1. The van der Waals surface area contributed by atoms with Crippen LogP contribution in [-0.2, 0) is 4.74 Å². The number of halogens is 1. The lowest BCUT2D eigenvalue weighted by Crippen LogP contribution is -2.37. The first-order valence-electron chi connectivity index (χ1n) is 9.31. The fourth-order valence-electron chi connectivity index (χ4n) is 3.43. The van der Waals surface area contributed by atoms with Crippen LogP contribution >= 0.6 is 0 Å². The number of hydrogen-bond acceptors (Lipinski definition) is 3. The third-order valence-electron chi connectivity index (χ3n) is 4.92. The average Bonchev–Trinajstić information content (AvgIpc) is 3.18. The molecule has 1 heterocycles. The highest BCUT2D eigenvalue weighted by Crippen LogP contribution is 2.26. The van der Waals surface area contributed by atoms with E-state index in [9.17, 15) is 14.0 Å². The van der Waals surface area contributed by atoms with E-state index in [1.807, 2.05) is 6.92 Å². The van der Waals surface area contributed by atoms with Crippen LogP contribution in [0.1, 0.15) is 47.4 Å². The van der Waals surface area contributed by atoms with Crippen LogP contribution in [0, 0.1) is 5.82 Å². The maximum absolute atomic E-state index is 13.7. The van der Waals surface area contributed by atoms with E-state index >= 15 is 0 Å². The Labute approximate surface area is 158 Å². The van der Waals surface area contributed by atoms with E-state index in [-0.39, 0.29) is 17.8 Å². The monoisotopic (exact) mass is 369 g/mol. The molecule has 0 unspecified atom stereocenters. The molecule has 0 radical (unpaired) electrons. The topological polar surface area (TPSA) is 46.6 Å². The van der Waals surface area contributed by atoms with E-state index in [2.05, 4.69) is 0 Å². The van der Waals surface area contributed by atoms with E-state index in [0.29, 0.717) is 35.3 Å². The van der Waals surface area contributed by atoms with Gasteiger partial charge in [-0.2, -0.15) is 0 Å². The van der Waals surface area contributed by atoms with E-state index in [4.69, 9.17) is 4.74 Å². The normalized spacial score (nSPS) is 16.3. The summed E-state index contributed by atoms with van der Waals surface area (Å²) in [4.78, 5) is 26.4. The van der Waals surface area contributed by atoms with Crippen LogP contribution in [-0.4, -0.2) is 42.4 Å². The first-order chi connectivity index (χ1) is 13.0. The first kappa shape index (κ1) is 19.2. The predicted molar refractivity (Wildman–Crippen MR) is 102 cm³/mol. The third-order valence-corrected chi connectivity index (χ3v) is 4.92. The van der Waals surface area contributed by atoms with Crippen LogP contribution in [0.2, 0.25) is 0 Å². The SMILES string of the molecule is CCN(C[C@@H]1CCCO1)C(=O)c1ccc(-c2cc(F)ccc2C(C)=O)cc1. The molecule has 5 heteroatoms. The number of benzene rings is 2. The van der Waals surface area contributed by atoms with Gasteiger partial charge in [-0.3, -0.25) is 9.59 Å². The van der Waals surface area contributed by atoms with Gasteiger partial charge in [0, 0.05) is 30.8 Å². The number of hydrogen-bond donors (Lipinski definition) is 0. The van der Waals surface area contributed by atoms with Crippen LogP contribution in [0.5, 0.6) is 0 Å².